The van der Waals surface area contributed by atoms with Crippen LogP contribution in [-0.2, 0) is 6.54 Å². The molecule has 1 aliphatic carbocycles. The van der Waals surface area contributed by atoms with Crippen LogP contribution < -0.4 is 5.32 Å². The van der Waals surface area contributed by atoms with Gasteiger partial charge >= 0.3 is 0 Å². The van der Waals surface area contributed by atoms with Gasteiger partial charge in [-0.2, -0.15) is 0 Å². The Balaban J connectivity index is 1.94. The van der Waals surface area contributed by atoms with Crippen molar-refractivity contribution in [2.24, 2.45) is 5.92 Å². The van der Waals surface area contributed by atoms with Gasteiger partial charge in [-0.25, -0.2) is 0 Å². The van der Waals surface area contributed by atoms with Crippen LogP contribution in [0.25, 0.3) is 0 Å². The summed E-state index contributed by atoms with van der Waals surface area (Å²) < 4.78 is 0.970. The molecular weight excluding hydrogens is 348 g/mol. The normalized spacial score (nSPS) is 26.3. The molecule has 2 atom stereocenters. The Labute approximate surface area is 142 Å². The predicted molar refractivity (Wildman–Crippen MR) is 94.9 cm³/mol. The molecule has 0 amide bonds. The first-order chi connectivity index (χ1) is 9.93. The molecule has 21 heavy (non-hydrogen) atoms. The summed E-state index contributed by atoms with van der Waals surface area (Å²) in [7, 11) is 4.44. The first kappa shape index (κ1) is 17.3. The molecule has 118 valence electrons. The molecule has 1 aromatic carbocycles. The molecule has 0 heterocycles. The third kappa shape index (κ3) is 4.44. The molecule has 1 N–H and O–H groups in total. The molecule has 2 unspecified atom stereocenters. The Hall–Kier alpha value is -0.0900. The van der Waals surface area contributed by atoms with Gasteiger partial charge in [-0.1, -0.05) is 37.4 Å². The summed E-state index contributed by atoms with van der Waals surface area (Å²) in [6.07, 6.45) is 5.30. The van der Waals surface area contributed by atoms with E-state index in [2.05, 4.69) is 59.3 Å². The second-order valence-corrected chi connectivity index (χ2v) is 7.93. The Morgan fingerprint density at radius 3 is 2.81 bits per heavy atom. The summed E-state index contributed by atoms with van der Waals surface area (Å²) in [5, 5.41) is 4.42. The van der Waals surface area contributed by atoms with Crippen LogP contribution in [-0.4, -0.2) is 31.1 Å². The molecule has 0 aliphatic heterocycles. The van der Waals surface area contributed by atoms with Crippen LogP contribution in [0.1, 0.15) is 38.2 Å². The van der Waals surface area contributed by atoms with Crippen LogP contribution in [0.4, 0.5) is 0 Å². The van der Waals surface area contributed by atoms with Gasteiger partial charge in [-0.3, -0.25) is 0 Å². The van der Waals surface area contributed by atoms with Crippen LogP contribution in [0.2, 0.25) is 5.02 Å². The molecule has 1 saturated carbocycles. The molecule has 1 aromatic rings. The van der Waals surface area contributed by atoms with E-state index in [0.29, 0.717) is 5.54 Å². The molecule has 1 aliphatic rings. The van der Waals surface area contributed by atoms with Gasteiger partial charge in [-0.05, 0) is 66.5 Å². The van der Waals surface area contributed by atoms with E-state index in [1.165, 1.54) is 31.2 Å². The van der Waals surface area contributed by atoms with E-state index < -0.39 is 0 Å². The lowest BCUT2D eigenvalue weighted by molar-refractivity contribution is 0.0749. The predicted octanol–water partition coefficient (Wildman–Crippen LogP) is 4.70. The van der Waals surface area contributed by atoms with E-state index >= 15 is 0 Å². The van der Waals surface area contributed by atoms with Crippen LogP contribution >= 0.6 is 27.5 Å². The van der Waals surface area contributed by atoms with Gasteiger partial charge < -0.3 is 10.2 Å². The molecule has 0 spiro atoms. The van der Waals surface area contributed by atoms with Gasteiger partial charge in [0.25, 0.3) is 0 Å². The highest BCUT2D eigenvalue weighted by molar-refractivity contribution is 9.10. The van der Waals surface area contributed by atoms with Gasteiger partial charge in [0.05, 0.1) is 5.02 Å². The average Bonchev–Trinajstić information content (AvgIpc) is 2.42. The number of nitrogens with one attached hydrogen (secondary N) is 1. The number of likely N-dealkylation sites (N-methyl/N-ethyl adjacent to an activating group) is 1. The van der Waals surface area contributed by atoms with E-state index in [-0.39, 0.29) is 0 Å². The summed E-state index contributed by atoms with van der Waals surface area (Å²) in [6, 6.07) is 6.14. The zero-order valence-electron chi connectivity index (χ0n) is 13.3. The largest absolute Gasteiger partial charge is 0.311 e. The van der Waals surface area contributed by atoms with Crippen molar-refractivity contribution >= 4 is 27.5 Å². The number of rotatable bonds is 5. The molecular formula is C17H26BrClN2. The summed E-state index contributed by atoms with van der Waals surface area (Å²) >= 11 is 9.53. The molecule has 0 radical (unpaired) electrons. The van der Waals surface area contributed by atoms with Gasteiger partial charge in [0.1, 0.15) is 0 Å². The topological polar surface area (TPSA) is 15.3 Å². The SMILES string of the molecule is CC1CCCC(CNCc2ccc(Cl)c(Br)c2)(N(C)C)C1. The molecule has 0 bridgehead atoms. The first-order valence-corrected chi connectivity index (χ1v) is 8.92. The summed E-state index contributed by atoms with van der Waals surface area (Å²) in [5.41, 5.74) is 1.57. The standard InChI is InChI=1S/C17H26BrClN2/c1-13-5-4-8-17(10-13,21(2)3)12-20-11-14-6-7-16(19)15(18)9-14/h6-7,9,13,20H,4-5,8,10-12H2,1-3H3. The molecule has 2 nitrogen and oxygen atoms in total. The number of halogens is 2. The van der Waals surface area contributed by atoms with Gasteiger partial charge in [-0.15, -0.1) is 0 Å². The Morgan fingerprint density at radius 1 is 1.43 bits per heavy atom. The maximum absolute atomic E-state index is 6.04. The molecule has 2 rings (SSSR count). The maximum atomic E-state index is 6.04. The van der Waals surface area contributed by atoms with Gasteiger partial charge in [0.15, 0.2) is 0 Å². The van der Waals surface area contributed by atoms with Crippen LogP contribution in [0.5, 0.6) is 0 Å². The van der Waals surface area contributed by atoms with Crippen molar-refractivity contribution in [1.82, 2.24) is 10.2 Å². The lowest BCUT2D eigenvalue weighted by atomic mass is 9.75. The van der Waals surface area contributed by atoms with Crippen LogP contribution in [0.15, 0.2) is 22.7 Å². The number of hydrogen-bond acceptors (Lipinski definition) is 2. The van der Waals surface area contributed by atoms with Crippen molar-refractivity contribution in [3.8, 4) is 0 Å². The van der Waals surface area contributed by atoms with Gasteiger partial charge in [0.2, 0.25) is 0 Å². The number of nitrogens with zero attached hydrogens (tertiary/aromatic N) is 1. The Bertz CT molecular complexity index is 478. The minimum Gasteiger partial charge on any atom is -0.311 e. The van der Waals surface area contributed by atoms with E-state index in [1.54, 1.807) is 0 Å². The molecule has 0 aromatic heterocycles. The fourth-order valence-corrected chi connectivity index (χ4v) is 3.99. The maximum Gasteiger partial charge on any atom is 0.0548 e. The lowest BCUT2D eigenvalue weighted by Gasteiger charge is -2.45. The average molecular weight is 374 g/mol. The summed E-state index contributed by atoms with van der Waals surface area (Å²) in [6.45, 7) is 4.32. The number of benzene rings is 1. The van der Waals surface area contributed by atoms with E-state index in [4.69, 9.17) is 11.6 Å². The van der Waals surface area contributed by atoms with E-state index in [1.807, 2.05) is 6.07 Å². The fraction of sp³-hybridized carbons (Fsp3) is 0.647. The molecule has 4 heteroatoms. The minimum absolute atomic E-state index is 0.307. The highest BCUT2D eigenvalue weighted by Crippen LogP contribution is 2.35. The van der Waals surface area contributed by atoms with Crippen LogP contribution in [0.3, 0.4) is 0 Å². The third-order valence-electron chi connectivity index (χ3n) is 4.78. The second kappa shape index (κ2) is 7.45. The monoisotopic (exact) mass is 372 g/mol. The first-order valence-electron chi connectivity index (χ1n) is 7.75. The minimum atomic E-state index is 0.307. The lowest BCUT2D eigenvalue weighted by Crippen LogP contribution is -2.54. The highest BCUT2D eigenvalue weighted by Gasteiger charge is 2.36. The smallest absolute Gasteiger partial charge is 0.0548 e. The van der Waals surface area contributed by atoms with Gasteiger partial charge in [0, 0.05) is 23.1 Å². The fourth-order valence-electron chi connectivity index (χ4n) is 3.45. The zero-order chi connectivity index (χ0) is 15.5. The molecule has 1 fully saturated rings. The molecule has 0 saturated heterocycles. The van der Waals surface area contributed by atoms with Crippen molar-refractivity contribution in [3.05, 3.63) is 33.3 Å². The van der Waals surface area contributed by atoms with E-state index in [0.717, 1.165) is 28.5 Å². The van der Waals surface area contributed by atoms with Crippen molar-refractivity contribution in [1.29, 1.82) is 0 Å². The quantitative estimate of drug-likeness (QED) is 0.804. The zero-order valence-corrected chi connectivity index (χ0v) is 15.6. The summed E-state index contributed by atoms with van der Waals surface area (Å²) in [4.78, 5) is 2.42. The van der Waals surface area contributed by atoms with Crippen molar-refractivity contribution in [2.45, 2.75) is 44.7 Å². The Kier molecular flexibility index (Phi) is 6.13. The Morgan fingerprint density at radius 2 is 2.19 bits per heavy atom. The second-order valence-electron chi connectivity index (χ2n) is 6.67. The highest BCUT2D eigenvalue weighted by atomic mass is 79.9. The van der Waals surface area contributed by atoms with Crippen molar-refractivity contribution in [3.63, 3.8) is 0 Å². The third-order valence-corrected chi connectivity index (χ3v) is 6.00. The number of hydrogen-bond donors (Lipinski definition) is 1. The van der Waals surface area contributed by atoms with Crippen molar-refractivity contribution in [2.75, 3.05) is 20.6 Å². The van der Waals surface area contributed by atoms with E-state index in [9.17, 15) is 0 Å². The summed E-state index contributed by atoms with van der Waals surface area (Å²) in [5.74, 6) is 0.827. The van der Waals surface area contributed by atoms with Crippen LogP contribution in [0, 0.1) is 5.92 Å². The van der Waals surface area contributed by atoms with Crippen molar-refractivity contribution < 1.29 is 0 Å².